The molecule has 0 unspecified atom stereocenters. The normalized spacial score (nSPS) is 14.0. The zero-order valence-electron chi connectivity index (χ0n) is 26.1. The molecule has 49 heavy (non-hydrogen) atoms. The fourth-order valence-corrected chi connectivity index (χ4v) is 9.70. The monoisotopic (exact) mass is 624 g/mol. The molecule has 0 saturated heterocycles. The van der Waals surface area contributed by atoms with Gasteiger partial charge < -0.3 is 8.97 Å². The molecule has 0 N–H and O–H groups in total. The second-order valence-electron chi connectivity index (χ2n) is 13.5. The summed E-state index contributed by atoms with van der Waals surface area (Å²) in [5, 5.41) is 4.38. The highest BCUT2D eigenvalue weighted by Gasteiger charge is 2.50. The highest BCUT2D eigenvalue weighted by Crippen LogP contribution is 2.60. The minimum Gasteiger partial charge on any atom is -0.308 e. The van der Waals surface area contributed by atoms with Crippen molar-refractivity contribution in [2.75, 3.05) is 0 Å². The lowest BCUT2D eigenvalue weighted by molar-refractivity contribution is 0.767. The largest absolute Gasteiger partial charge is 0.308 e. The van der Waals surface area contributed by atoms with Crippen LogP contribution in [0.2, 0.25) is 0 Å². The van der Waals surface area contributed by atoms with E-state index in [1.807, 2.05) is 60.7 Å². The zero-order chi connectivity index (χ0) is 32.2. The first-order valence-corrected chi connectivity index (χ1v) is 16.7. The van der Waals surface area contributed by atoms with Crippen molar-refractivity contribution >= 4 is 59.9 Å². The Balaban J connectivity index is 1.42. The molecular formula is C45H24N2O2. The van der Waals surface area contributed by atoms with Crippen LogP contribution in [0.5, 0.6) is 0 Å². The molecule has 0 bridgehead atoms. The summed E-state index contributed by atoms with van der Waals surface area (Å²) in [6.07, 6.45) is 0. The van der Waals surface area contributed by atoms with Gasteiger partial charge in [-0.05, 0) is 69.8 Å². The van der Waals surface area contributed by atoms with Gasteiger partial charge in [-0.15, -0.1) is 0 Å². The molecule has 226 valence electrons. The number of aromatic nitrogens is 2. The molecule has 4 heteroatoms. The zero-order valence-corrected chi connectivity index (χ0v) is 26.1. The summed E-state index contributed by atoms with van der Waals surface area (Å²) in [5.74, 6) is 0. The quantitative estimate of drug-likeness (QED) is 0.135. The Labute approximate surface area is 278 Å². The maximum atomic E-state index is 15.4. The second-order valence-corrected chi connectivity index (χ2v) is 13.5. The van der Waals surface area contributed by atoms with Crippen molar-refractivity contribution in [3.8, 4) is 16.8 Å². The second kappa shape index (κ2) is 8.49. The Kier molecular flexibility index (Phi) is 4.43. The van der Waals surface area contributed by atoms with Gasteiger partial charge in [0.15, 0.2) is 10.9 Å². The molecule has 7 aromatic carbocycles. The maximum Gasteiger partial charge on any atom is 0.199 e. The lowest BCUT2D eigenvalue weighted by Crippen LogP contribution is -2.34. The van der Waals surface area contributed by atoms with Gasteiger partial charge in [-0.2, -0.15) is 0 Å². The summed E-state index contributed by atoms with van der Waals surface area (Å²) in [5.41, 5.74) is 11.3. The van der Waals surface area contributed by atoms with Gasteiger partial charge in [-0.1, -0.05) is 109 Å². The molecule has 2 aliphatic rings. The summed E-state index contributed by atoms with van der Waals surface area (Å²) >= 11 is 0. The van der Waals surface area contributed by atoms with Crippen LogP contribution in [0.3, 0.4) is 0 Å². The van der Waals surface area contributed by atoms with Crippen LogP contribution in [0, 0.1) is 0 Å². The van der Waals surface area contributed by atoms with Gasteiger partial charge in [-0.3, -0.25) is 9.59 Å². The third-order valence-electron chi connectivity index (χ3n) is 11.4. The number of nitrogens with zero attached hydrogens (tertiary/aromatic N) is 2. The van der Waals surface area contributed by atoms with Gasteiger partial charge >= 0.3 is 0 Å². The number of fused-ring (bicyclic) bond motifs is 11. The Hall–Kier alpha value is -6.52. The van der Waals surface area contributed by atoms with E-state index in [1.54, 1.807) is 0 Å². The Morgan fingerprint density at radius 1 is 0.408 bits per heavy atom. The lowest BCUT2D eigenvalue weighted by atomic mass is 9.65. The summed E-state index contributed by atoms with van der Waals surface area (Å²) in [7, 11) is 0. The average Bonchev–Trinajstić information content (AvgIpc) is 3.64. The summed E-state index contributed by atoms with van der Waals surface area (Å²) in [6.45, 7) is 0. The summed E-state index contributed by atoms with van der Waals surface area (Å²) in [4.78, 5) is 30.3. The van der Waals surface area contributed by atoms with Gasteiger partial charge in [0.2, 0.25) is 0 Å². The smallest absolute Gasteiger partial charge is 0.199 e. The van der Waals surface area contributed by atoms with Gasteiger partial charge in [0, 0.05) is 32.6 Å². The van der Waals surface area contributed by atoms with Crippen molar-refractivity contribution in [1.29, 1.82) is 0 Å². The average molecular weight is 625 g/mol. The molecule has 1 spiro atoms. The predicted molar refractivity (Wildman–Crippen MR) is 199 cm³/mol. The van der Waals surface area contributed by atoms with Crippen LogP contribution in [0.25, 0.3) is 76.7 Å². The number of hydrogen-bond acceptors (Lipinski definition) is 2. The minimum absolute atomic E-state index is 0.0480. The van der Waals surface area contributed by atoms with Crippen molar-refractivity contribution in [2.45, 2.75) is 5.41 Å². The van der Waals surface area contributed by atoms with Crippen molar-refractivity contribution in [3.63, 3.8) is 0 Å². The van der Waals surface area contributed by atoms with Crippen LogP contribution < -0.4 is 10.9 Å². The number of hydrogen-bond donors (Lipinski definition) is 0. The molecule has 1 aliphatic heterocycles. The van der Waals surface area contributed by atoms with Crippen LogP contribution in [0.1, 0.15) is 22.3 Å². The van der Waals surface area contributed by atoms with Crippen LogP contribution in [0.4, 0.5) is 0 Å². The molecular weight excluding hydrogens is 601 g/mol. The Morgan fingerprint density at radius 3 is 1.65 bits per heavy atom. The lowest BCUT2D eigenvalue weighted by Gasteiger charge is -2.39. The van der Waals surface area contributed by atoms with Gasteiger partial charge in [0.25, 0.3) is 0 Å². The highest BCUT2D eigenvalue weighted by molar-refractivity contribution is 6.25. The molecule has 1 aliphatic carbocycles. The Morgan fingerprint density at radius 2 is 0.959 bits per heavy atom. The van der Waals surface area contributed by atoms with E-state index in [-0.39, 0.29) is 10.9 Å². The van der Waals surface area contributed by atoms with Gasteiger partial charge in [-0.25, -0.2) is 0 Å². The fourth-order valence-electron chi connectivity index (χ4n) is 9.70. The first-order valence-electron chi connectivity index (χ1n) is 16.7. The molecule has 0 amide bonds. The maximum absolute atomic E-state index is 15.4. The molecule has 0 saturated carbocycles. The highest BCUT2D eigenvalue weighted by atomic mass is 16.1. The third kappa shape index (κ3) is 2.71. The molecule has 0 atom stereocenters. The van der Waals surface area contributed by atoms with Crippen LogP contribution >= 0.6 is 0 Å². The van der Waals surface area contributed by atoms with E-state index in [9.17, 15) is 4.79 Å². The van der Waals surface area contributed by atoms with Crippen molar-refractivity contribution in [2.24, 2.45) is 0 Å². The van der Waals surface area contributed by atoms with E-state index in [2.05, 4.69) is 93.9 Å². The molecule has 10 aromatic rings. The summed E-state index contributed by atoms with van der Waals surface area (Å²) < 4.78 is 4.47. The number of rotatable bonds is 1. The molecule has 4 nitrogen and oxygen atoms in total. The number of pyridine rings is 2. The van der Waals surface area contributed by atoms with E-state index in [0.29, 0.717) is 27.1 Å². The van der Waals surface area contributed by atoms with E-state index in [4.69, 9.17) is 0 Å². The molecule has 4 heterocycles. The van der Waals surface area contributed by atoms with E-state index in [0.717, 1.165) is 49.7 Å². The molecule has 0 fully saturated rings. The van der Waals surface area contributed by atoms with E-state index >= 15 is 4.79 Å². The first kappa shape index (κ1) is 25.6. The summed E-state index contributed by atoms with van der Waals surface area (Å²) in [6, 6.07) is 50.1. The number of benzene rings is 7. The topological polar surface area (TPSA) is 43.5 Å². The van der Waals surface area contributed by atoms with Gasteiger partial charge in [0.1, 0.15) is 0 Å². The molecule has 3 aromatic heterocycles. The molecule has 12 rings (SSSR count). The van der Waals surface area contributed by atoms with Crippen LogP contribution in [-0.2, 0) is 5.41 Å². The Bertz CT molecular complexity index is 3190. The van der Waals surface area contributed by atoms with Crippen molar-refractivity contribution < 1.29 is 0 Å². The van der Waals surface area contributed by atoms with Gasteiger partial charge in [0.05, 0.1) is 38.4 Å². The first-order chi connectivity index (χ1) is 24.2. The predicted octanol–water partition coefficient (Wildman–Crippen LogP) is 9.33. The van der Waals surface area contributed by atoms with Crippen LogP contribution in [0.15, 0.2) is 155 Å². The standard InChI is InChI=1S/C45H24N2O2/c48-43-29-17-10-21-35-39(29)47-40-30(18-11-22-36(40)45(35)33-19-7-4-14-26(33)27-15-5-8-20-34(27)45)44(49)38-41-31(24-32(43)42(38)47)28-16-6-9-23-37(28)46(41)25-12-2-1-3-13-25/h1-24H. The van der Waals surface area contributed by atoms with Crippen molar-refractivity contribution in [3.05, 3.63) is 188 Å². The van der Waals surface area contributed by atoms with E-state index in [1.165, 1.54) is 22.3 Å². The van der Waals surface area contributed by atoms with E-state index < -0.39 is 5.41 Å². The van der Waals surface area contributed by atoms with Crippen molar-refractivity contribution in [1.82, 2.24) is 8.97 Å². The van der Waals surface area contributed by atoms with Crippen LogP contribution in [-0.4, -0.2) is 8.97 Å². The molecule has 0 radical (unpaired) electrons. The third-order valence-corrected chi connectivity index (χ3v) is 11.4. The number of para-hydroxylation sites is 4. The fraction of sp³-hybridized carbons (Fsp3) is 0.0222. The minimum atomic E-state index is -0.695. The SMILES string of the molecule is O=c1c2cccc3c2n2c4c(cccc4c(=O)c4c5c(cc1c42)c1ccccc1n5-c1ccccc1)C31c2ccccc2-c2ccccc21.